The molecule has 0 aliphatic carbocycles. The van der Waals surface area contributed by atoms with Crippen molar-refractivity contribution in [1.82, 2.24) is 15.5 Å². The van der Waals surface area contributed by atoms with Crippen molar-refractivity contribution in [2.24, 2.45) is 0 Å². The van der Waals surface area contributed by atoms with Gasteiger partial charge in [-0.15, -0.1) is 0 Å². The van der Waals surface area contributed by atoms with Crippen LogP contribution in [0.5, 0.6) is 0 Å². The zero-order chi connectivity index (χ0) is 11.8. The van der Waals surface area contributed by atoms with E-state index in [1.165, 1.54) is 0 Å². The molecule has 1 aromatic heterocycles. The van der Waals surface area contributed by atoms with Crippen LogP contribution in [0.15, 0.2) is 4.52 Å². The van der Waals surface area contributed by atoms with Crippen molar-refractivity contribution in [3.8, 4) is 0 Å². The van der Waals surface area contributed by atoms with Gasteiger partial charge >= 0.3 is 0 Å². The van der Waals surface area contributed by atoms with E-state index in [4.69, 9.17) is 9.26 Å². The highest BCUT2D eigenvalue weighted by atomic mass is 16.5. The fourth-order valence-corrected chi connectivity index (χ4v) is 2.69. The van der Waals surface area contributed by atoms with E-state index < -0.39 is 0 Å². The van der Waals surface area contributed by atoms with Gasteiger partial charge in [-0.05, 0) is 12.8 Å². The number of nitrogens with one attached hydrogen (secondary N) is 1. The molecule has 3 rings (SSSR count). The van der Waals surface area contributed by atoms with Crippen LogP contribution in [0.25, 0.3) is 0 Å². The zero-order valence-electron chi connectivity index (χ0n) is 10.3. The Balaban J connectivity index is 1.75. The molecule has 17 heavy (non-hydrogen) atoms. The van der Waals surface area contributed by atoms with Gasteiger partial charge in [0.15, 0.2) is 5.82 Å². The molecule has 0 saturated carbocycles. The molecule has 2 unspecified atom stereocenters. The predicted octanol–water partition coefficient (Wildman–Crippen LogP) is 1.43. The Labute approximate surface area is 101 Å². The van der Waals surface area contributed by atoms with Crippen LogP contribution >= 0.6 is 0 Å². The molecule has 3 heterocycles. The summed E-state index contributed by atoms with van der Waals surface area (Å²) in [5.41, 5.74) is 0. The van der Waals surface area contributed by atoms with E-state index in [2.05, 4.69) is 29.3 Å². The van der Waals surface area contributed by atoms with Gasteiger partial charge in [0.2, 0.25) is 5.89 Å². The molecule has 2 bridgehead atoms. The number of hydrogen-bond donors (Lipinski definition) is 1. The number of ether oxygens (including phenoxy) is 1. The van der Waals surface area contributed by atoms with Crippen molar-refractivity contribution >= 4 is 0 Å². The molecule has 2 saturated heterocycles. The second kappa shape index (κ2) is 4.38. The van der Waals surface area contributed by atoms with Crippen molar-refractivity contribution in [2.75, 3.05) is 13.2 Å². The number of fused-ring (bicyclic) bond motifs is 2. The summed E-state index contributed by atoms with van der Waals surface area (Å²) in [5, 5.41) is 7.61. The van der Waals surface area contributed by atoms with Crippen LogP contribution in [-0.4, -0.2) is 35.4 Å². The lowest BCUT2D eigenvalue weighted by Gasteiger charge is -2.38. The first-order valence-corrected chi connectivity index (χ1v) is 6.39. The molecule has 1 aromatic rings. The molecule has 94 valence electrons. The van der Waals surface area contributed by atoms with Crippen molar-refractivity contribution in [1.29, 1.82) is 0 Å². The van der Waals surface area contributed by atoms with Crippen molar-refractivity contribution in [3.05, 3.63) is 11.7 Å². The maximum atomic E-state index is 5.53. The number of piperidine rings is 1. The van der Waals surface area contributed by atoms with Crippen molar-refractivity contribution < 1.29 is 9.26 Å². The number of hydrogen-bond acceptors (Lipinski definition) is 5. The summed E-state index contributed by atoms with van der Waals surface area (Å²) in [7, 11) is 0. The number of morpholine rings is 1. The van der Waals surface area contributed by atoms with Gasteiger partial charge in [0.05, 0.1) is 13.2 Å². The SMILES string of the molecule is CC(C)c1noc(C2CC3COCC(C2)N3)n1. The van der Waals surface area contributed by atoms with E-state index in [0.29, 0.717) is 23.9 Å². The lowest BCUT2D eigenvalue weighted by Crippen LogP contribution is -2.53. The van der Waals surface area contributed by atoms with Gasteiger partial charge in [0.1, 0.15) is 0 Å². The molecule has 5 heteroatoms. The molecule has 2 aliphatic heterocycles. The van der Waals surface area contributed by atoms with E-state index in [-0.39, 0.29) is 0 Å². The van der Waals surface area contributed by atoms with Crippen LogP contribution in [0.4, 0.5) is 0 Å². The zero-order valence-corrected chi connectivity index (χ0v) is 10.3. The number of nitrogens with zero attached hydrogens (tertiary/aromatic N) is 2. The summed E-state index contributed by atoms with van der Waals surface area (Å²) in [5.74, 6) is 2.36. The molecular weight excluding hydrogens is 218 g/mol. The first-order chi connectivity index (χ1) is 8.22. The van der Waals surface area contributed by atoms with Crippen LogP contribution in [0.3, 0.4) is 0 Å². The third kappa shape index (κ3) is 2.21. The third-order valence-electron chi connectivity index (χ3n) is 3.57. The average Bonchev–Trinajstić information content (AvgIpc) is 2.77. The Bertz CT molecular complexity index is 379. The molecule has 0 spiro atoms. The molecule has 5 nitrogen and oxygen atoms in total. The largest absolute Gasteiger partial charge is 0.378 e. The summed E-state index contributed by atoms with van der Waals surface area (Å²) in [4.78, 5) is 4.51. The lowest BCUT2D eigenvalue weighted by atomic mass is 9.87. The quantitative estimate of drug-likeness (QED) is 0.843. The highest BCUT2D eigenvalue weighted by molar-refractivity contribution is 5.03. The highest BCUT2D eigenvalue weighted by Crippen LogP contribution is 2.31. The molecule has 0 aromatic carbocycles. The average molecular weight is 237 g/mol. The van der Waals surface area contributed by atoms with Crippen LogP contribution in [0, 0.1) is 0 Å². The summed E-state index contributed by atoms with van der Waals surface area (Å²) in [6.07, 6.45) is 2.08. The Hall–Kier alpha value is -0.940. The van der Waals surface area contributed by atoms with E-state index in [9.17, 15) is 0 Å². The minimum atomic E-state index is 0.331. The lowest BCUT2D eigenvalue weighted by molar-refractivity contribution is 0.0149. The minimum Gasteiger partial charge on any atom is -0.378 e. The summed E-state index contributed by atoms with van der Waals surface area (Å²) >= 11 is 0. The van der Waals surface area contributed by atoms with Crippen LogP contribution in [0.2, 0.25) is 0 Å². The maximum Gasteiger partial charge on any atom is 0.229 e. The maximum absolute atomic E-state index is 5.53. The Morgan fingerprint density at radius 3 is 2.53 bits per heavy atom. The normalized spacial score (nSPS) is 33.0. The van der Waals surface area contributed by atoms with Crippen LogP contribution in [-0.2, 0) is 4.74 Å². The van der Waals surface area contributed by atoms with Gasteiger partial charge < -0.3 is 14.6 Å². The van der Waals surface area contributed by atoms with E-state index in [1.54, 1.807) is 0 Å². The first-order valence-electron chi connectivity index (χ1n) is 6.39. The van der Waals surface area contributed by atoms with E-state index in [1.807, 2.05) is 0 Å². The summed E-state index contributed by atoms with van der Waals surface area (Å²) < 4.78 is 10.9. The Kier molecular flexibility index (Phi) is 2.88. The molecule has 1 N–H and O–H groups in total. The Morgan fingerprint density at radius 2 is 1.94 bits per heavy atom. The number of rotatable bonds is 2. The standard InChI is InChI=1S/C12H19N3O2/c1-7(2)11-14-12(17-15-11)8-3-9-5-16-6-10(4-8)13-9/h7-10,13H,3-6H2,1-2H3. The summed E-state index contributed by atoms with van der Waals surface area (Å²) in [6, 6.07) is 0.892. The fraction of sp³-hybridized carbons (Fsp3) is 0.833. The van der Waals surface area contributed by atoms with Gasteiger partial charge in [-0.2, -0.15) is 4.98 Å². The predicted molar refractivity (Wildman–Crippen MR) is 61.9 cm³/mol. The second-order valence-electron chi connectivity index (χ2n) is 5.41. The highest BCUT2D eigenvalue weighted by Gasteiger charge is 2.35. The van der Waals surface area contributed by atoms with Gasteiger partial charge in [0.25, 0.3) is 0 Å². The van der Waals surface area contributed by atoms with Crippen molar-refractivity contribution in [3.63, 3.8) is 0 Å². The summed E-state index contributed by atoms with van der Waals surface area (Å²) in [6.45, 7) is 5.77. The topological polar surface area (TPSA) is 60.2 Å². The fourth-order valence-electron chi connectivity index (χ4n) is 2.69. The third-order valence-corrected chi connectivity index (χ3v) is 3.57. The first kappa shape index (κ1) is 11.2. The minimum absolute atomic E-state index is 0.331. The smallest absolute Gasteiger partial charge is 0.229 e. The molecule has 2 fully saturated rings. The van der Waals surface area contributed by atoms with Gasteiger partial charge in [-0.1, -0.05) is 19.0 Å². The number of aromatic nitrogens is 2. The second-order valence-corrected chi connectivity index (χ2v) is 5.41. The van der Waals surface area contributed by atoms with Crippen molar-refractivity contribution in [2.45, 2.75) is 50.6 Å². The van der Waals surface area contributed by atoms with Crippen LogP contribution < -0.4 is 5.32 Å². The van der Waals surface area contributed by atoms with E-state index in [0.717, 1.165) is 37.8 Å². The molecular formula is C12H19N3O2. The van der Waals surface area contributed by atoms with Crippen LogP contribution in [0.1, 0.15) is 50.2 Å². The molecule has 0 radical (unpaired) electrons. The Morgan fingerprint density at radius 1 is 1.24 bits per heavy atom. The van der Waals surface area contributed by atoms with Gasteiger partial charge in [0, 0.05) is 23.9 Å². The van der Waals surface area contributed by atoms with E-state index >= 15 is 0 Å². The molecule has 2 atom stereocenters. The van der Waals surface area contributed by atoms with Gasteiger partial charge in [-0.3, -0.25) is 0 Å². The molecule has 0 amide bonds. The molecule has 2 aliphatic rings. The monoisotopic (exact) mass is 237 g/mol. The van der Waals surface area contributed by atoms with Gasteiger partial charge in [-0.25, -0.2) is 0 Å².